The third-order valence-electron chi connectivity index (χ3n) is 4.75. The van der Waals surface area contributed by atoms with Gasteiger partial charge in [-0.15, -0.1) is 0 Å². The highest BCUT2D eigenvalue weighted by Gasteiger charge is 2.23. The van der Waals surface area contributed by atoms with Gasteiger partial charge in [0.1, 0.15) is 11.5 Å². The fraction of sp³-hybridized carbons (Fsp3) is 0.500. The highest BCUT2D eigenvalue weighted by Crippen LogP contribution is 2.20. The van der Waals surface area contributed by atoms with Crippen LogP contribution in [0, 0.1) is 11.8 Å². The van der Waals surface area contributed by atoms with Crippen LogP contribution in [0.15, 0.2) is 38.3 Å². The topological polar surface area (TPSA) is 113 Å². The largest absolute Gasteiger partial charge is 0.383 e. The molecular weight excluding hydrogens is 462 g/mol. The van der Waals surface area contributed by atoms with Crippen LogP contribution >= 0.6 is 15.9 Å². The Morgan fingerprint density at radius 3 is 2.29 bits per heavy atom. The van der Waals surface area contributed by atoms with E-state index in [-0.39, 0.29) is 41.8 Å². The number of nitrogens with zero attached hydrogens (tertiary/aromatic N) is 2. The first-order valence-corrected chi connectivity index (χ1v) is 11.2. The van der Waals surface area contributed by atoms with Crippen molar-refractivity contribution in [1.29, 1.82) is 0 Å². The van der Waals surface area contributed by atoms with Gasteiger partial charge < -0.3 is 16.0 Å². The molecule has 0 bridgehead atoms. The van der Waals surface area contributed by atoms with Crippen LogP contribution in [0.5, 0.6) is 0 Å². The molecule has 0 aliphatic heterocycles. The quantitative estimate of drug-likeness (QED) is 0.496. The van der Waals surface area contributed by atoms with Crippen LogP contribution in [-0.4, -0.2) is 28.5 Å². The lowest BCUT2D eigenvalue weighted by atomic mass is 10.1. The number of benzene rings is 1. The number of carbonyl (C=O) groups excluding carboxylic acids is 1. The zero-order valence-electron chi connectivity index (χ0n) is 18.7. The van der Waals surface area contributed by atoms with Crippen LogP contribution < -0.4 is 27.2 Å². The summed E-state index contributed by atoms with van der Waals surface area (Å²) in [7, 11) is 0. The molecule has 9 heteroatoms. The van der Waals surface area contributed by atoms with Gasteiger partial charge in [0.15, 0.2) is 0 Å². The van der Waals surface area contributed by atoms with E-state index in [1.54, 1.807) is 4.90 Å². The summed E-state index contributed by atoms with van der Waals surface area (Å²) in [4.78, 5) is 41.7. The number of aromatic amines is 1. The number of nitrogens with two attached hydrogens (primary N) is 1. The Balaban J connectivity index is 2.31. The number of amides is 1. The van der Waals surface area contributed by atoms with Crippen LogP contribution in [0.1, 0.15) is 46.2 Å². The molecule has 1 atom stereocenters. The van der Waals surface area contributed by atoms with Crippen molar-refractivity contribution in [3.8, 4) is 0 Å². The van der Waals surface area contributed by atoms with Gasteiger partial charge in [-0.2, -0.15) is 0 Å². The monoisotopic (exact) mass is 493 g/mol. The predicted octanol–water partition coefficient (Wildman–Crippen LogP) is 2.88. The lowest BCUT2D eigenvalue weighted by molar-refractivity contribution is -0.120. The van der Waals surface area contributed by atoms with E-state index in [1.165, 1.54) is 4.57 Å². The molecule has 1 amide bonds. The molecule has 170 valence electrons. The first kappa shape index (κ1) is 24.7. The van der Waals surface area contributed by atoms with Crippen molar-refractivity contribution in [2.24, 2.45) is 11.8 Å². The summed E-state index contributed by atoms with van der Waals surface area (Å²) in [5.41, 5.74) is 6.25. The first-order chi connectivity index (χ1) is 14.5. The Labute approximate surface area is 191 Å². The molecule has 0 saturated heterocycles. The standard InChI is InChI=1S/C22H32BrN5O3/c1-13(2)10-27(12-18(29)25-15(5)16-6-8-17(23)9-7-16)19-20(24)28(11-14(3)4)22(31)26-21(19)30/h6-9,13-15H,10-12,24H2,1-5H3,(H,25,29)(H,26,30,31). The maximum atomic E-state index is 12.8. The number of halogens is 1. The minimum Gasteiger partial charge on any atom is -0.383 e. The van der Waals surface area contributed by atoms with E-state index in [1.807, 2.05) is 58.9 Å². The number of carbonyl (C=O) groups is 1. The molecule has 0 aliphatic rings. The van der Waals surface area contributed by atoms with Crippen LogP contribution in [0.4, 0.5) is 11.5 Å². The lowest BCUT2D eigenvalue weighted by Crippen LogP contribution is -2.44. The maximum absolute atomic E-state index is 12.8. The Morgan fingerprint density at radius 1 is 1.13 bits per heavy atom. The highest BCUT2D eigenvalue weighted by molar-refractivity contribution is 9.10. The fourth-order valence-corrected chi connectivity index (χ4v) is 3.66. The number of nitrogens with one attached hydrogen (secondary N) is 2. The molecule has 0 saturated carbocycles. The molecule has 2 rings (SSSR count). The number of rotatable bonds is 9. The van der Waals surface area contributed by atoms with Gasteiger partial charge in [-0.1, -0.05) is 55.8 Å². The normalized spacial score (nSPS) is 12.3. The van der Waals surface area contributed by atoms with Gasteiger partial charge in [0.25, 0.3) is 5.56 Å². The smallest absolute Gasteiger partial charge is 0.330 e. The first-order valence-electron chi connectivity index (χ1n) is 10.4. The average molecular weight is 494 g/mol. The molecule has 1 heterocycles. The van der Waals surface area contributed by atoms with Crippen LogP contribution in [0.25, 0.3) is 0 Å². The Bertz CT molecular complexity index is 1010. The van der Waals surface area contributed by atoms with Gasteiger partial charge in [0.2, 0.25) is 5.91 Å². The van der Waals surface area contributed by atoms with E-state index in [2.05, 4.69) is 26.2 Å². The van der Waals surface area contributed by atoms with Gasteiger partial charge in [-0.05, 0) is 36.5 Å². The molecular formula is C22H32BrN5O3. The zero-order valence-corrected chi connectivity index (χ0v) is 20.3. The molecule has 4 N–H and O–H groups in total. The molecule has 8 nitrogen and oxygen atoms in total. The molecule has 0 aliphatic carbocycles. The number of hydrogen-bond acceptors (Lipinski definition) is 5. The predicted molar refractivity (Wildman–Crippen MR) is 128 cm³/mol. The minimum atomic E-state index is -0.586. The van der Waals surface area contributed by atoms with Gasteiger partial charge in [-0.3, -0.25) is 19.1 Å². The Morgan fingerprint density at radius 2 is 1.74 bits per heavy atom. The highest BCUT2D eigenvalue weighted by atomic mass is 79.9. The molecule has 1 aromatic carbocycles. The minimum absolute atomic E-state index is 0.0494. The number of nitrogen functional groups attached to an aromatic ring is 1. The number of hydrogen-bond donors (Lipinski definition) is 3. The van der Waals surface area contributed by atoms with Crippen LogP contribution in [0.2, 0.25) is 0 Å². The number of aromatic nitrogens is 2. The summed E-state index contributed by atoms with van der Waals surface area (Å²) in [6.45, 7) is 10.6. The Hall–Kier alpha value is -2.55. The lowest BCUT2D eigenvalue weighted by Gasteiger charge is -2.28. The van der Waals surface area contributed by atoms with Crippen molar-refractivity contribution in [1.82, 2.24) is 14.9 Å². The third-order valence-corrected chi connectivity index (χ3v) is 5.27. The molecule has 1 unspecified atom stereocenters. The van der Waals surface area contributed by atoms with Gasteiger partial charge in [0, 0.05) is 17.6 Å². The van der Waals surface area contributed by atoms with Crippen molar-refractivity contribution < 1.29 is 4.79 Å². The molecule has 2 aromatic rings. The molecule has 0 fully saturated rings. The van der Waals surface area contributed by atoms with Crippen molar-refractivity contribution in [3.63, 3.8) is 0 Å². The number of anilines is 2. The van der Waals surface area contributed by atoms with E-state index in [0.717, 1.165) is 10.0 Å². The summed E-state index contributed by atoms with van der Waals surface area (Å²) in [5.74, 6) is 0.168. The fourth-order valence-electron chi connectivity index (χ4n) is 3.40. The SMILES string of the molecule is CC(C)CN(CC(=O)NC(C)c1ccc(Br)cc1)c1c(N)n(CC(C)C)c(=O)[nH]c1=O. The van der Waals surface area contributed by atoms with Crippen molar-refractivity contribution in [2.45, 2.75) is 47.2 Å². The second-order valence-corrected chi connectivity index (χ2v) is 9.53. The molecule has 31 heavy (non-hydrogen) atoms. The summed E-state index contributed by atoms with van der Waals surface area (Å²) in [6.07, 6.45) is 0. The van der Waals surface area contributed by atoms with E-state index >= 15 is 0 Å². The van der Waals surface area contributed by atoms with Crippen molar-refractivity contribution in [2.75, 3.05) is 23.7 Å². The summed E-state index contributed by atoms with van der Waals surface area (Å²) in [6, 6.07) is 7.51. The number of H-pyrrole nitrogens is 1. The molecule has 1 aromatic heterocycles. The van der Waals surface area contributed by atoms with E-state index in [9.17, 15) is 14.4 Å². The van der Waals surface area contributed by atoms with Crippen molar-refractivity contribution in [3.05, 3.63) is 55.1 Å². The zero-order chi connectivity index (χ0) is 23.3. The van der Waals surface area contributed by atoms with Crippen molar-refractivity contribution >= 4 is 33.3 Å². The Kier molecular flexibility index (Phi) is 8.50. The average Bonchev–Trinajstić information content (AvgIpc) is 2.64. The summed E-state index contributed by atoms with van der Waals surface area (Å²) in [5, 5.41) is 2.97. The summed E-state index contributed by atoms with van der Waals surface area (Å²) >= 11 is 3.40. The third kappa shape index (κ3) is 6.72. The van der Waals surface area contributed by atoms with Gasteiger partial charge in [-0.25, -0.2) is 4.79 Å². The van der Waals surface area contributed by atoms with E-state index in [0.29, 0.717) is 13.1 Å². The maximum Gasteiger partial charge on any atom is 0.330 e. The van der Waals surface area contributed by atoms with E-state index in [4.69, 9.17) is 5.73 Å². The van der Waals surface area contributed by atoms with E-state index < -0.39 is 11.2 Å². The second-order valence-electron chi connectivity index (χ2n) is 8.61. The van der Waals surface area contributed by atoms with Crippen LogP contribution in [-0.2, 0) is 11.3 Å². The second kappa shape index (κ2) is 10.7. The van der Waals surface area contributed by atoms with Crippen LogP contribution in [0.3, 0.4) is 0 Å². The summed E-state index contributed by atoms with van der Waals surface area (Å²) < 4.78 is 2.32. The molecule has 0 radical (unpaired) electrons. The van der Waals surface area contributed by atoms with Gasteiger partial charge >= 0.3 is 5.69 Å². The van der Waals surface area contributed by atoms with Gasteiger partial charge in [0.05, 0.1) is 12.6 Å². The molecule has 0 spiro atoms.